The molecule has 2 aromatic heterocycles. The highest BCUT2D eigenvalue weighted by Crippen LogP contribution is 2.39. The first-order valence-corrected chi connectivity index (χ1v) is 13.7. The number of rotatable bonds is 8. The van der Waals surface area contributed by atoms with Crippen LogP contribution >= 0.6 is 0 Å². The van der Waals surface area contributed by atoms with E-state index < -0.39 is 5.54 Å². The zero-order valence-corrected chi connectivity index (χ0v) is 22.4. The number of aromatic nitrogens is 3. The Morgan fingerprint density at radius 2 is 1.62 bits per heavy atom. The number of amides is 3. The van der Waals surface area contributed by atoms with E-state index >= 15 is 0 Å². The number of imidazole rings is 1. The molecule has 0 N–H and O–H groups in total. The van der Waals surface area contributed by atoms with E-state index in [-0.39, 0.29) is 11.9 Å². The van der Waals surface area contributed by atoms with Crippen LogP contribution in [0.4, 0.5) is 4.79 Å². The minimum absolute atomic E-state index is 0.0444. The molecule has 2 aliphatic heterocycles. The van der Waals surface area contributed by atoms with Crippen LogP contribution < -0.4 is 0 Å². The molecular formula is C31H34N6O2. The molecule has 1 spiro atoms. The second kappa shape index (κ2) is 10.6. The van der Waals surface area contributed by atoms with Crippen LogP contribution in [0, 0.1) is 0 Å². The number of aryl methyl sites for hydroxylation is 2. The number of imide groups is 1. The molecule has 2 fully saturated rings. The summed E-state index contributed by atoms with van der Waals surface area (Å²) in [6.45, 7) is 3.05. The van der Waals surface area contributed by atoms with Crippen molar-refractivity contribution in [3.05, 3.63) is 96.1 Å². The molecule has 39 heavy (non-hydrogen) atoms. The van der Waals surface area contributed by atoms with Crippen molar-refractivity contribution in [3.63, 3.8) is 0 Å². The minimum atomic E-state index is -0.802. The fraction of sp³-hybridized carbons (Fsp3) is 0.355. The molecule has 200 valence electrons. The van der Waals surface area contributed by atoms with Gasteiger partial charge in [-0.25, -0.2) is 9.78 Å². The molecule has 8 nitrogen and oxygen atoms in total. The Labute approximate surface area is 228 Å². The molecule has 6 rings (SSSR count). The fourth-order valence-electron chi connectivity index (χ4n) is 6.05. The summed E-state index contributed by atoms with van der Waals surface area (Å²) >= 11 is 0. The molecule has 0 unspecified atom stereocenters. The van der Waals surface area contributed by atoms with Crippen LogP contribution in [0.5, 0.6) is 0 Å². The molecule has 8 heteroatoms. The number of urea groups is 1. The maximum absolute atomic E-state index is 14.0. The molecule has 0 bridgehead atoms. The quantitative estimate of drug-likeness (QED) is 0.321. The molecule has 2 saturated heterocycles. The lowest BCUT2D eigenvalue weighted by atomic mass is 9.85. The number of para-hydroxylation sites is 2. The minimum Gasteiger partial charge on any atom is -0.330 e. The number of carbonyl (C=O) groups excluding carboxylic acids is 2. The van der Waals surface area contributed by atoms with E-state index in [1.165, 1.54) is 4.90 Å². The van der Waals surface area contributed by atoms with E-state index in [2.05, 4.69) is 27.6 Å². The lowest BCUT2D eigenvalue weighted by molar-refractivity contribution is -0.136. The fourth-order valence-corrected chi connectivity index (χ4v) is 6.05. The van der Waals surface area contributed by atoms with Crippen molar-refractivity contribution in [2.24, 2.45) is 7.05 Å². The van der Waals surface area contributed by atoms with Crippen LogP contribution in [0.15, 0.2) is 79.1 Å². The Balaban J connectivity index is 1.19. The zero-order valence-electron chi connectivity index (χ0n) is 22.4. The Hall–Kier alpha value is -4.04. The van der Waals surface area contributed by atoms with E-state index in [4.69, 9.17) is 4.98 Å². The second-order valence-corrected chi connectivity index (χ2v) is 10.7. The average molecular weight is 523 g/mol. The molecule has 3 amide bonds. The monoisotopic (exact) mass is 522 g/mol. The average Bonchev–Trinajstić information content (AvgIpc) is 3.38. The van der Waals surface area contributed by atoms with Gasteiger partial charge in [0.1, 0.15) is 11.4 Å². The van der Waals surface area contributed by atoms with Gasteiger partial charge in [0.05, 0.1) is 17.6 Å². The maximum Gasteiger partial charge on any atom is 0.327 e. The van der Waals surface area contributed by atoms with Gasteiger partial charge in [-0.05, 0) is 55.0 Å². The lowest BCUT2D eigenvalue weighted by Gasteiger charge is -2.42. The first kappa shape index (κ1) is 25.2. The van der Waals surface area contributed by atoms with E-state index in [0.717, 1.165) is 60.5 Å². The highest BCUT2D eigenvalue weighted by atomic mass is 16.2. The summed E-state index contributed by atoms with van der Waals surface area (Å²) in [6.07, 6.45) is 6.34. The smallest absolute Gasteiger partial charge is 0.327 e. The number of likely N-dealkylation sites (tertiary alicyclic amines) is 1. The van der Waals surface area contributed by atoms with Gasteiger partial charge in [0.25, 0.3) is 5.91 Å². The number of pyridine rings is 1. The van der Waals surface area contributed by atoms with Crippen molar-refractivity contribution >= 4 is 23.0 Å². The number of fused-ring (bicyclic) bond motifs is 1. The second-order valence-electron chi connectivity index (χ2n) is 10.7. The maximum atomic E-state index is 14.0. The molecule has 0 atom stereocenters. The predicted octanol–water partition coefficient (Wildman–Crippen LogP) is 4.40. The molecule has 0 saturated carbocycles. The first-order valence-electron chi connectivity index (χ1n) is 13.7. The van der Waals surface area contributed by atoms with Crippen LogP contribution in [0.1, 0.15) is 36.2 Å². The summed E-state index contributed by atoms with van der Waals surface area (Å²) in [5.74, 6) is 0.969. The summed E-state index contributed by atoms with van der Waals surface area (Å²) < 4.78 is 2.15. The van der Waals surface area contributed by atoms with Crippen molar-refractivity contribution in [1.82, 2.24) is 29.2 Å². The topological polar surface area (TPSA) is 74.6 Å². The molecule has 2 aliphatic rings. The molecule has 0 aliphatic carbocycles. The molecule has 0 radical (unpaired) electrons. The summed E-state index contributed by atoms with van der Waals surface area (Å²) in [5, 5.41) is 0. The predicted molar refractivity (Wildman–Crippen MR) is 150 cm³/mol. The standard InChI is InChI=1S/C31H34N6O2/c1-34-27-14-6-5-13-26(27)33-28(34)23-35-19-15-31(16-20-35)29(38)36(18-8-12-24-11-7-17-32-21-24)30(39)37(31)22-25-9-3-2-4-10-25/h2-7,9-11,13-14,17,21H,8,12,15-16,18-20,22-23H2,1H3. The largest absolute Gasteiger partial charge is 0.330 e. The van der Waals surface area contributed by atoms with Gasteiger partial charge in [0.2, 0.25) is 0 Å². The van der Waals surface area contributed by atoms with Gasteiger partial charge in [-0.3, -0.25) is 19.6 Å². The Bertz CT molecular complexity index is 1460. The third-order valence-corrected chi connectivity index (χ3v) is 8.30. The zero-order chi connectivity index (χ0) is 26.8. The number of piperidine rings is 1. The Kier molecular flexibility index (Phi) is 6.87. The van der Waals surface area contributed by atoms with Crippen molar-refractivity contribution in [3.8, 4) is 0 Å². The van der Waals surface area contributed by atoms with Crippen molar-refractivity contribution < 1.29 is 9.59 Å². The number of benzene rings is 2. The van der Waals surface area contributed by atoms with Crippen LogP contribution in [-0.4, -0.2) is 66.3 Å². The van der Waals surface area contributed by atoms with Gasteiger partial charge in [-0.2, -0.15) is 0 Å². The van der Waals surface area contributed by atoms with Crippen molar-refractivity contribution in [2.75, 3.05) is 19.6 Å². The molecule has 4 aromatic rings. The molecule has 2 aromatic carbocycles. The lowest BCUT2D eigenvalue weighted by Crippen LogP contribution is -2.56. The third-order valence-electron chi connectivity index (χ3n) is 8.30. The Morgan fingerprint density at radius 1 is 0.872 bits per heavy atom. The SMILES string of the molecule is Cn1c(CN2CCC3(CC2)C(=O)N(CCCc2cccnc2)C(=O)N3Cc2ccccc2)nc2ccccc21. The highest BCUT2D eigenvalue weighted by Gasteiger charge is 2.57. The van der Waals surface area contributed by atoms with Crippen LogP contribution in [0.3, 0.4) is 0 Å². The van der Waals surface area contributed by atoms with Gasteiger partial charge >= 0.3 is 6.03 Å². The number of carbonyl (C=O) groups is 2. The first-order chi connectivity index (χ1) is 19.0. The van der Waals surface area contributed by atoms with Crippen LogP contribution in [0.2, 0.25) is 0 Å². The van der Waals surface area contributed by atoms with Gasteiger partial charge < -0.3 is 9.47 Å². The summed E-state index contributed by atoms with van der Waals surface area (Å²) in [5.41, 5.74) is 3.47. The van der Waals surface area contributed by atoms with Gasteiger partial charge in [-0.1, -0.05) is 48.5 Å². The number of nitrogens with zero attached hydrogens (tertiary/aromatic N) is 6. The van der Waals surface area contributed by atoms with E-state index in [0.29, 0.717) is 25.9 Å². The van der Waals surface area contributed by atoms with Gasteiger partial charge in [0.15, 0.2) is 0 Å². The van der Waals surface area contributed by atoms with E-state index in [1.54, 1.807) is 6.20 Å². The van der Waals surface area contributed by atoms with Gasteiger partial charge in [-0.15, -0.1) is 0 Å². The van der Waals surface area contributed by atoms with Crippen LogP contribution in [0.25, 0.3) is 11.0 Å². The van der Waals surface area contributed by atoms with E-state index in [1.807, 2.05) is 71.8 Å². The van der Waals surface area contributed by atoms with Gasteiger partial charge in [0, 0.05) is 45.6 Å². The third kappa shape index (κ3) is 4.81. The van der Waals surface area contributed by atoms with Crippen LogP contribution in [-0.2, 0) is 31.4 Å². The van der Waals surface area contributed by atoms with Crippen molar-refractivity contribution in [1.29, 1.82) is 0 Å². The normalized spacial score (nSPS) is 17.6. The Morgan fingerprint density at radius 3 is 2.36 bits per heavy atom. The molecule has 4 heterocycles. The van der Waals surface area contributed by atoms with Crippen molar-refractivity contribution in [2.45, 2.75) is 44.3 Å². The number of hydrogen-bond acceptors (Lipinski definition) is 5. The summed E-state index contributed by atoms with van der Waals surface area (Å²) in [7, 11) is 2.06. The number of hydrogen-bond donors (Lipinski definition) is 0. The summed E-state index contributed by atoms with van der Waals surface area (Å²) in [6, 6.07) is 21.9. The summed E-state index contributed by atoms with van der Waals surface area (Å²) in [4.78, 5) is 42.5. The molecular weight excluding hydrogens is 488 g/mol. The highest BCUT2D eigenvalue weighted by molar-refractivity contribution is 6.07. The van der Waals surface area contributed by atoms with E-state index in [9.17, 15) is 9.59 Å².